The van der Waals surface area contributed by atoms with Gasteiger partial charge in [0.25, 0.3) is 5.56 Å². The molecule has 0 aliphatic heterocycles. The van der Waals surface area contributed by atoms with Crippen molar-refractivity contribution in [1.29, 1.82) is 0 Å². The Kier molecular flexibility index (Phi) is 4.53. The van der Waals surface area contributed by atoms with Gasteiger partial charge in [0.1, 0.15) is 13.2 Å². The number of carbonyl (C=O) groups is 1. The first-order chi connectivity index (χ1) is 7.65. The Labute approximate surface area is 92.6 Å². The standard InChI is InChI=1S/C10H14N2O4/c1-15-5-6-16-9(13)7-12-4-2-3-8(11)10(12)14/h2-4H,5-7,11H2,1H3. The Hall–Kier alpha value is -1.82. The topological polar surface area (TPSA) is 83.6 Å². The third-order valence-corrected chi connectivity index (χ3v) is 1.90. The summed E-state index contributed by atoms with van der Waals surface area (Å²) >= 11 is 0. The van der Waals surface area contributed by atoms with Gasteiger partial charge in [-0.1, -0.05) is 0 Å². The van der Waals surface area contributed by atoms with Crippen LogP contribution in [0.4, 0.5) is 5.69 Å². The molecule has 88 valence electrons. The molecular weight excluding hydrogens is 212 g/mol. The van der Waals surface area contributed by atoms with Crippen LogP contribution in [0.1, 0.15) is 0 Å². The number of pyridine rings is 1. The van der Waals surface area contributed by atoms with Crippen LogP contribution in [0, 0.1) is 0 Å². The van der Waals surface area contributed by atoms with Gasteiger partial charge in [0.05, 0.1) is 12.3 Å². The van der Waals surface area contributed by atoms with Gasteiger partial charge in [-0.15, -0.1) is 0 Å². The molecule has 0 radical (unpaired) electrons. The van der Waals surface area contributed by atoms with Crippen molar-refractivity contribution in [1.82, 2.24) is 4.57 Å². The first-order valence-corrected chi connectivity index (χ1v) is 4.74. The van der Waals surface area contributed by atoms with E-state index in [1.165, 1.54) is 23.9 Å². The average Bonchev–Trinajstić information content (AvgIpc) is 2.25. The van der Waals surface area contributed by atoms with Gasteiger partial charge in [0.15, 0.2) is 0 Å². The molecule has 1 aromatic rings. The van der Waals surface area contributed by atoms with E-state index in [0.29, 0.717) is 6.61 Å². The largest absolute Gasteiger partial charge is 0.462 e. The summed E-state index contributed by atoms with van der Waals surface area (Å²) in [5.74, 6) is -0.496. The van der Waals surface area contributed by atoms with E-state index in [9.17, 15) is 9.59 Å². The number of ether oxygens (including phenoxy) is 2. The molecule has 16 heavy (non-hydrogen) atoms. The molecule has 0 aromatic carbocycles. The maximum atomic E-state index is 11.4. The summed E-state index contributed by atoms with van der Waals surface area (Å²) in [7, 11) is 1.51. The van der Waals surface area contributed by atoms with Gasteiger partial charge in [-0.2, -0.15) is 0 Å². The number of hydrogen-bond acceptors (Lipinski definition) is 5. The number of aromatic nitrogens is 1. The molecule has 0 amide bonds. The van der Waals surface area contributed by atoms with Crippen LogP contribution in [0.5, 0.6) is 0 Å². The molecule has 1 rings (SSSR count). The maximum Gasteiger partial charge on any atom is 0.326 e. The number of carbonyl (C=O) groups excluding carboxylic acids is 1. The van der Waals surface area contributed by atoms with Crippen LogP contribution in [-0.4, -0.2) is 30.9 Å². The number of rotatable bonds is 5. The summed E-state index contributed by atoms with van der Waals surface area (Å²) in [6.45, 7) is 0.359. The highest BCUT2D eigenvalue weighted by molar-refractivity contribution is 5.69. The predicted molar refractivity (Wildman–Crippen MR) is 57.9 cm³/mol. The number of esters is 1. The van der Waals surface area contributed by atoms with E-state index in [4.69, 9.17) is 15.2 Å². The summed E-state index contributed by atoms with van der Waals surface area (Å²) in [6, 6.07) is 3.08. The van der Waals surface area contributed by atoms with Crippen LogP contribution < -0.4 is 11.3 Å². The lowest BCUT2D eigenvalue weighted by molar-refractivity contribution is -0.145. The van der Waals surface area contributed by atoms with Crippen molar-refractivity contribution in [2.24, 2.45) is 0 Å². The highest BCUT2D eigenvalue weighted by Crippen LogP contribution is 1.92. The zero-order valence-corrected chi connectivity index (χ0v) is 9.01. The molecule has 1 aromatic heterocycles. The number of methoxy groups -OCH3 is 1. The number of anilines is 1. The predicted octanol–water partition coefficient (Wildman–Crippen LogP) is -0.380. The van der Waals surface area contributed by atoms with E-state index in [1.807, 2.05) is 0 Å². The molecule has 0 saturated heterocycles. The van der Waals surface area contributed by atoms with E-state index in [2.05, 4.69) is 0 Å². The van der Waals surface area contributed by atoms with Crippen molar-refractivity contribution in [2.45, 2.75) is 6.54 Å². The summed E-state index contributed by atoms with van der Waals surface area (Å²) in [5, 5.41) is 0. The van der Waals surface area contributed by atoms with Crippen LogP contribution in [0.15, 0.2) is 23.1 Å². The number of nitrogen functional groups attached to an aromatic ring is 1. The van der Waals surface area contributed by atoms with E-state index in [-0.39, 0.29) is 18.8 Å². The summed E-state index contributed by atoms with van der Waals surface area (Å²) in [4.78, 5) is 22.7. The molecule has 0 aliphatic carbocycles. The van der Waals surface area contributed by atoms with Crippen molar-refractivity contribution in [3.8, 4) is 0 Å². The Morgan fingerprint density at radius 2 is 2.25 bits per heavy atom. The molecule has 6 nitrogen and oxygen atoms in total. The highest BCUT2D eigenvalue weighted by Gasteiger charge is 2.06. The van der Waals surface area contributed by atoms with Gasteiger partial charge < -0.3 is 19.8 Å². The molecule has 0 bridgehead atoms. The Bertz CT molecular complexity index is 414. The Balaban J connectivity index is 2.56. The van der Waals surface area contributed by atoms with Crippen molar-refractivity contribution in [3.63, 3.8) is 0 Å². The average molecular weight is 226 g/mol. The first kappa shape index (κ1) is 12.3. The van der Waals surface area contributed by atoms with Gasteiger partial charge in [0.2, 0.25) is 0 Å². The van der Waals surface area contributed by atoms with Crippen molar-refractivity contribution >= 4 is 11.7 Å². The van der Waals surface area contributed by atoms with E-state index in [1.54, 1.807) is 6.07 Å². The monoisotopic (exact) mass is 226 g/mol. The second-order valence-electron chi connectivity index (χ2n) is 3.11. The Morgan fingerprint density at radius 1 is 1.50 bits per heavy atom. The van der Waals surface area contributed by atoms with Crippen LogP contribution >= 0.6 is 0 Å². The lowest BCUT2D eigenvalue weighted by Crippen LogP contribution is -2.26. The highest BCUT2D eigenvalue weighted by atomic mass is 16.6. The van der Waals surface area contributed by atoms with Gasteiger partial charge in [-0.3, -0.25) is 9.59 Å². The fourth-order valence-corrected chi connectivity index (χ4v) is 1.10. The van der Waals surface area contributed by atoms with Gasteiger partial charge >= 0.3 is 5.97 Å². The van der Waals surface area contributed by atoms with E-state index in [0.717, 1.165) is 0 Å². The summed E-state index contributed by atoms with van der Waals surface area (Å²) < 4.78 is 10.7. The second kappa shape index (κ2) is 5.92. The normalized spacial score (nSPS) is 10.1. The van der Waals surface area contributed by atoms with Crippen molar-refractivity contribution in [3.05, 3.63) is 28.7 Å². The number of hydrogen-bond donors (Lipinski definition) is 1. The van der Waals surface area contributed by atoms with E-state index >= 15 is 0 Å². The van der Waals surface area contributed by atoms with Crippen LogP contribution in [-0.2, 0) is 20.8 Å². The zero-order chi connectivity index (χ0) is 12.0. The Morgan fingerprint density at radius 3 is 2.94 bits per heavy atom. The van der Waals surface area contributed by atoms with Gasteiger partial charge in [-0.05, 0) is 12.1 Å². The third kappa shape index (κ3) is 3.39. The quantitative estimate of drug-likeness (QED) is 0.546. The summed E-state index contributed by atoms with van der Waals surface area (Å²) in [6.07, 6.45) is 1.48. The molecule has 2 N–H and O–H groups in total. The molecule has 6 heteroatoms. The van der Waals surface area contributed by atoms with Gasteiger partial charge in [-0.25, -0.2) is 0 Å². The number of nitrogens with zero attached hydrogens (tertiary/aromatic N) is 1. The molecule has 1 heterocycles. The van der Waals surface area contributed by atoms with Crippen molar-refractivity contribution in [2.75, 3.05) is 26.1 Å². The third-order valence-electron chi connectivity index (χ3n) is 1.90. The van der Waals surface area contributed by atoms with E-state index < -0.39 is 11.5 Å². The lowest BCUT2D eigenvalue weighted by atomic mass is 10.4. The molecule has 0 saturated carbocycles. The van der Waals surface area contributed by atoms with Crippen LogP contribution in [0.3, 0.4) is 0 Å². The molecule has 0 aliphatic rings. The molecule has 0 atom stereocenters. The maximum absolute atomic E-state index is 11.4. The summed E-state index contributed by atoms with van der Waals surface area (Å²) in [5.41, 5.74) is 5.12. The molecular formula is C10H14N2O4. The van der Waals surface area contributed by atoms with Crippen LogP contribution in [0.25, 0.3) is 0 Å². The zero-order valence-electron chi connectivity index (χ0n) is 9.01. The van der Waals surface area contributed by atoms with Crippen molar-refractivity contribution < 1.29 is 14.3 Å². The molecule has 0 fully saturated rings. The molecule has 0 spiro atoms. The fourth-order valence-electron chi connectivity index (χ4n) is 1.10. The first-order valence-electron chi connectivity index (χ1n) is 4.74. The smallest absolute Gasteiger partial charge is 0.326 e. The minimum absolute atomic E-state index is 0.104. The fraction of sp³-hybridized carbons (Fsp3) is 0.400. The minimum Gasteiger partial charge on any atom is -0.462 e. The minimum atomic E-state index is -0.496. The lowest BCUT2D eigenvalue weighted by Gasteiger charge is -2.06. The van der Waals surface area contributed by atoms with Gasteiger partial charge in [0, 0.05) is 13.3 Å². The molecule has 0 unspecified atom stereocenters. The second-order valence-corrected chi connectivity index (χ2v) is 3.11. The number of nitrogens with two attached hydrogens (primary N) is 1. The SMILES string of the molecule is COCCOC(=O)Cn1cccc(N)c1=O. The van der Waals surface area contributed by atoms with Crippen LogP contribution in [0.2, 0.25) is 0 Å².